The van der Waals surface area contributed by atoms with Crippen molar-refractivity contribution >= 4 is 0 Å². The Kier molecular flexibility index (Phi) is 6.75. The Bertz CT molecular complexity index is 391. The van der Waals surface area contributed by atoms with E-state index in [1.54, 1.807) is 0 Å². The largest absolute Gasteiger partial charge is 0.316 e. The highest BCUT2D eigenvalue weighted by Crippen LogP contribution is 2.27. The monoisotopic (exact) mass is 291 g/mol. The van der Waals surface area contributed by atoms with Crippen molar-refractivity contribution in [3.05, 3.63) is 18.0 Å². The zero-order valence-corrected chi connectivity index (χ0v) is 14.1. The topological polar surface area (TPSA) is 29.9 Å². The Labute approximate surface area is 130 Å². The van der Waals surface area contributed by atoms with E-state index in [4.69, 9.17) is 5.10 Å². The number of nitrogens with zero attached hydrogens (tertiary/aromatic N) is 2. The molecule has 3 heteroatoms. The number of hydrogen-bond donors (Lipinski definition) is 1. The fraction of sp³-hybridized carbons (Fsp3) is 0.833. The molecule has 1 unspecified atom stereocenters. The van der Waals surface area contributed by atoms with Gasteiger partial charge in [0.25, 0.3) is 0 Å². The molecule has 1 aromatic rings. The molecule has 0 radical (unpaired) electrons. The molecule has 0 aliphatic heterocycles. The minimum atomic E-state index is 0.659. The van der Waals surface area contributed by atoms with Gasteiger partial charge in [-0.15, -0.1) is 0 Å². The van der Waals surface area contributed by atoms with Crippen LogP contribution < -0.4 is 5.32 Å². The fourth-order valence-corrected chi connectivity index (χ4v) is 3.27. The van der Waals surface area contributed by atoms with E-state index in [0.717, 1.165) is 25.4 Å². The zero-order valence-electron chi connectivity index (χ0n) is 14.1. The lowest BCUT2D eigenvalue weighted by atomic mass is 9.96. The first-order valence-electron chi connectivity index (χ1n) is 8.93. The molecule has 1 aliphatic rings. The van der Waals surface area contributed by atoms with Crippen LogP contribution in [0.25, 0.3) is 0 Å². The molecule has 1 N–H and O–H groups in total. The predicted octanol–water partition coefficient (Wildman–Crippen LogP) is 4.20. The van der Waals surface area contributed by atoms with E-state index in [2.05, 4.69) is 43.0 Å². The quantitative estimate of drug-likeness (QED) is 0.778. The van der Waals surface area contributed by atoms with Crippen LogP contribution in [0.15, 0.2) is 12.3 Å². The van der Waals surface area contributed by atoms with Crippen molar-refractivity contribution in [2.45, 2.75) is 71.8 Å². The van der Waals surface area contributed by atoms with Crippen LogP contribution in [0.3, 0.4) is 0 Å². The van der Waals surface area contributed by atoms with Gasteiger partial charge >= 0.3 is 0 Å². The average molecular weight is 291 g/mol. The normalized spacial score (nSPS) is 18.3. The van der Waals surface area contributed by atoms with E-state index in [9.17, 15) is 0 Å². The van der Waals surface area contributed by atoms with Crippen LogP contribution in [-0.2, 0) is 6.42 Å². The Morgan fingerprint density at radius 1 is 1.24 bits per heavy atom. The first-order chi connectivity index (χ1) is 10.2. The summed E-state index contributed by atoms with van der Waals surface area (Å²) in [6, 6.07) is 2.89. The van der Waals surface area contributed by atoms with Crippen molar-refractivity contribution in [2.75, 3.05) is 13.1 Å². The number of hydrogen-bond acceptors (Lipinski definition) is 2. The highest BCUT2D eigenvalue weighted by atomic mass is 15.3. The van der Waals surface area contributed by atoms with Crippen molar-refractivity contribution < 1.29 is 0 Å². The van der Waals surface area contributed by atoms with Crippen LogP contribution in [0.1, 0.15) is 71.0 Å². The van der Waals surface area contributed by atoms with Crippen LogP contribution in [0.5, 0.6) is 0 Å². The van der Waals surface area contributed by atoms with E-state index in [1.807, 2.05) is 0 Å². The molecule has 0 spiro atoms. The summed E-state index contributed by atoms with van der Waals surface area (Å²) < 4.78 is 2.24. The van der Waals surface area contributed by atoms with Gasteiger partial charge in [-0.3, -0.25) is 4.68 Å². The summed E-state index contributed by atoms with van der Waals surface area (Å²) in [5, 5.41) is 8.45. The average Bonchev–Trinajstić information content (AvgIpc) is 2.95. The molecule has 1 aromatic heterocycles. The molecule has 120 valence electrons. The van der Waals surface area contributed by atoms with Gasteiger partial charge < -0.3 is 5.32 Å². The Balaban J connectivity index is 1.82. The van der Waals surface area contributed by atoms with E-state index in [1.165, 1.54) is 44.2 Å². The maximum absolute atomic E-state index is 4.85. The molecule has 1 saturated carbocycles. The van der Waals surface area contributed by atoms with E-state index < -0.39 is 0 Å². The molecule has 0 aromatic carbocycles. The summed E-state index contributed by atoms with van der Waals surface area (Å²) in [5.74, 6) is 1.44. The smallest absolute Gasteiger partial charge is 0.0627 e. The maximum Gasteiger partial charge on any atom is 0.0627 e. The first kappa shape index (κ1) is 16.5. The molecule has 1 heterocycles. The number of nitrogens with one attached hydrogen (secondary N) is 1. The van der Waals surface area contributed by atoms with Gasteiger partial charge in [-0.2, -0.15) is 5.10 Å². The zero-order chi connectivity index (χ0) is 15.1. The standard InChI is InChI=1S/C18H33N3/c1-4-16(14-19-13-15(2)3)12-17-10-11-21(20-17)18-8-6-5-7-9-18/h10-11,15-16,18-19H,4-9,12-14H2,1-3H3. The lowest BCUT2D eigenvalue weighted by Crippen LogP contribution is -2.27. The molecule has 1 fully saturated rings. The van der Waals surface area contributed by atoms with Gasteiger partial charge in [0, 0.05) is 6.20 Å². The molecule has 1 aliphatic carbocycles. The summed E-state index contributed by atoms with van der Waals surface area (Å²) in [4.78, 5) is 0. The maximum atomic E-state index is 4.85. The molecule has 0 amide bonds. The van der Waals surface area contributed by atoms with Gasteiger partial charge in [-0.05, 0) is 50.3 Å². The fourth-order valence-electron chi connectivity index (χ4n) is 3.27. The molecule has 2 rings (SSSR count). The molecule has 3 nitrogen and oxygen atoms in total. The van der Waals surface area contributed by atoms with Crippen LogP contribution in [0, 0.1) is 11.8 Å². The van der Waals surface area contributed by atoms with E-state index >= 15 is 0 Å². The third-order valence-electron chi connectivity index (χ3n) is 4.67. The van der Waals surface area contributed by atoms with Crippen molar-refractivity contribution in [3.63, 3.8) is 0 Å². The lowest BCUT2D eigenvalue weighted by Gasteiger charge is -2.22. The summed E-state index contributed by atoms with van der Waals surface area (Å²) in [5.41, 5.74) is 1.28. The Morgan fingerprint density at radius 2 is 2.00 bits per heavy atom. The summed E-state index contributed by atoms with van der Waals surface area (Å²) >= 11 is 0. The minimum Gasteiger partial charge on any atom is -0.316 e. The van der Waals surface area contributed by atoms with Gasteiger partial charge in [0.1, 0.15) is 0 Å². The van der Waals surface area contributed by atoms with Gasteiger partial charge in [0.15, 0.2) is 0 Å². The van der Waals surface area contributed by atoms with E-state index in [-0.39, 0.29) is 0 Å². The van der Waals surface area contributed by atoms with E-state index in [0.29, 0.717) is 12.0 Å². The lowest BCUT2D eigenvalue weighted by molar-refractivity contribution is 0.326. The SMILES string of the molecule is CCC(CNCC(C)C)Cc1ccn(C2CCCCC2)n1. The molecule has 0 bridgehead atoms. The van der Waals surface area contributed by atoms with Crippen LogP contribution >= 0.6 is 0 Å². The van der Waals surface area contributed by atoms with Crippen LogP contribution in [-0.4, -0.2) is 22.9 Å². The summed E-state index contributed by atoms with van der Waals surface area (Å²) in [6.45, 7) is 9.05. The molecule has 0 saturated heterocycles. The second-order valence-electron chi connectivity index (χ2n) is 7.11. The van der Waals surface area contributed by atoms with Crippen LogP contribution in [0.2, 0.25) is 0 Å². The third-order valence-corrected chi connectivity index (χ3v) is 4.67. The summed E-state index contributed by atoms with van der Waals surface area (Å²) in [7, 11) is 0. The highest BCUT2D eigenvalue weighted by Gasteiger charge is 2.17. The minimum absolute atomic E-state index is 0.659. The predicted molar refractivity (Wildman–Crippen MR) is 89.5 cm³/mol. The van der Waals surface area contributed by atoms with Crippen molar-refractivity contribution in [3.8, 4) is 0 Å². The second-order valence-corrected chi connectivity index (χ2v) is 7.11. The van der Waals surface area contributed by atoms with Gasteiger partial charge in [0.05, 0.1) is 11.7 Å². The number of rotatable bonds is 8. The number of aromatic nitrogens is 2. The van der Waals surface area contributed by atoms with Crippen molar-refractivity contribution in [1.82, 2.24) is 15.1 Å². The molecular formula is C18H33N3. The van der Waals surface area contributed by atoms with Gasteiger partial charge in [-0.1, -0.05) is 46.5 Å². The first-order valence-corrected chi connectivity index (χ1v) is 8.93. The second kappa shape index (κ2) is 8.57. The molecular weight excluding hydrogens is 258 g/mol. The summed E-state index contributed by atoms with van der Waals surface area (Å²) in [6.07, 6.45) is 11.3. The molecule has 1 atom stereocenters. The molecule has 21 heavy (non-hydrogen) atoms. The highest BCUT2D eigenvalue weighted by molar-refractivity contribution is 5.01. The van der Waals surface area contributed by atoms with Gasteiger partial charge in [-0.25, -0.2) is 0 Å². The Hall–Kier alpha value is -0.830. The Morgan fingerprint density at radius 3 is 2.67 bits per heavy atom. The van der Waals surface area contributed by atoms with Crippen molar-refractivity contribution in [2.24, 2.45) is 11.8 Å². The van der Waals surface area contributed by atoms with Crippen molar-refractivity contribution in [1.29, 1.82) is 0 Å². The van der Waals surface area contributed by atoms with Crippen LogP contribution in [0.4, 0.5) is 0 Å². The third kappa shape index (κ3) is 5.46. The van der Waals surface area contributed by atoms with Gasteiger partial charge in [0.2, 0.25) is 0 Å².